The molecule has 2 amide bonds. The molecule has 0 unspecified atom stereocenters. The van der Waals surface area contributed by atoms with Crippen LogP contribution in [0.5, 0.6) is 0 Å². The zero-order valence-corrected chi connectivity index (χ0v) is 32.8. The van der Waals surface area contributed by atoms with Crippen molar-refractivity contribution in [2.45, 2.75) is 84.5 Å². The number of ether oxygens (including phenoxy) is 2. The Morgan fingerprint density at radius 2 is 1.76 bits per heavy atom. The molecule has 5 aliphatic heterocycles. The van der Waals surface area contributed by atoms with Crippen LogP contribution in [0.1, 0.15) is 84.5 Å². The number of hydrogen-bond acceptors (Lipinski definition) is 10. The number of amides is 2. The van der Waals surface area contributed by atoms with Crippen LogP contribution in [0.25, 0.3) is 0 Å². The Bertz CT molecular complexity index is 1960. The van der Waals surface area contributed by atoms with Crippen LogP contribution in [-0.2, 0) is 28.7 Å². The first-order valence-corrected chi connectivity index (χ1v) is 22.8. The monoisotopic (exact) mass is 767 g/mol. The molecule has 284 valence electrons. The summed E-state index contributed by atoms with van der Waals surface area (Å²) in [5.41, 5.74) is 5.28. The Morgan fingerprint density at radius 3 is 2.56 bits per heavy atom. The van der Waals surface area contributed by atoms with Gasteiger partial charge in [0.05, 0.1) is 22.7 Å². The molecule has 0 radical (unpaired) electrons. The molecule has 2 N–H and O–H groups in total. The van der Waals surface area contributed by atoms with Gasteiger partial charge in [-0.3, -0.25) is 14.5 Å². The number of carbonyl (C=O) groups is 4. The largest absolute Gasteiger partial charge is 0.427 e. The van der Waals surface area contributed by atoms with Gasteiger partial charge >= 0.3 is 11.9 Å². The van der Waals surface area contributed by atoms with Gasteiger partial charge in [-0.2, -0.15) is 0 Å². The van der Waals surface area contributed by atoms with Crippen molar-refractivity contribution in [3.8, 4) is 0 Å². The van der Waals surface area contributed by atoms with Gasteiger partial charge in [0.1, 0.15) is 11.5 Å². The molecule has 1 spiro atoms. The van der Waals surface area contributed by atoms with E-state index in [1.54, 1.807) is 10.8 Å². The van der Waals surface area contributed by atoms with Gasteiger partial charge < -0.3 is 20.1 Å². The quantitative estimate of drug-likeness (QED) is 0.174. The molecule has 6 aliphatic carbocycles. The first-order chi connectivity index (χ1) is 26.2. The minimum Gasteiger partial charge on any atom is -0.427 e. The molecule has 54 heavy (non-hydrogen) atoms. The maximum Gasteiger partial charge on any atom is 0.340 e. The van der Waals surface area contributed by atoms with Gasteiger partial charge in [-0.1, -0.05) is 54.4 Å². The van der Waals surface area contributed by atoms with E-state index in [0.717, 1.165) is 96.9 Å². The Morgan fingerprint density at radius 1 is 0.944 bits per heavy atom. The number of carbonyl (C=O) groups excluding carboxylic acids is 4. The van der Waals surface area contributed by atoms with Crippen LogP contribution in [0, 0.1) is 46.3 Å². The number of hydrogen-bond donors (Lipinski definition) is 2. The molecule has 11 rings (SSSR count). The molecular formula is C43H49N3O6S2. The van der Waals surface area contributed by atoms with Crippen LogP contribution >= 0.6 is 21.6 Å². The molecule has 11 heteroatoms. The van der Waals surface area contributed by atoms with Crippen molar-refractivity contribution in [3.63, 3.8) is 0 Å². The number of nitrogens with zero attached hydrogens (tertiary/aromatic N) is 1. The predicted molar refractivity (Wildman–Crippen MR) is 207 cm³/mol. The van der Waals surface area contributed by atoms with E-state index in [0.29, 0.717) is 30.2 Å². The first kappa shape index (κ1) is 35.0. The smallest absolute Gasteiger partial charge is 0.340 e. The van der Waals surface area contributed by atoms with Crippen LogP contribution in [-0.4, -0.2) is 53.4 Å². The van der Waals surface area contributed by atoms with Gasteiger partial charge in [-0.05, 0) is 116 Å². The fourth-order valence-corrected chi connectivity index (χ4v) is 14.7. The molecular weight excluding hydrogens is 719 g/mol. The van der Waals surface area contributed by atoms with E-state index in [-0.39, 0.29) is 59.4 Å². The number of esters is 2. The van der Waals surface area contributed by atoms with Crippen molar-refractivity contribution in [3.05, 3.63) is 81.2 Å². The van der Waals surface area contributed by atoms with E-state index in [4.69, 9.17) is 9.47 Å². The summed E-state index contributed by atoms with van der Waals surface area (Å²) in [7, 11) is 3.60. The molecule has 2 saturated carbocycles. The normalized spacial score (nSPS) is 37.7. The van der Waals surface area contributed by atoms with Crippen molar-refractivity contribution >= 4 is 45.3 Å². The van der Waals surface area contributed by atoms with Crippen molar-refractivity contribution in [2.75, 3.05) is 24.7 Å². The van der Waals surface area contributed by atoms with E-state index >= 15 is 0 Å². The lowest BCUT2D eigenvalue weighted by atomic mass is 9.42. The average molecular weight is 768 g/mol. The lowest BCUT2D eigenvalue weighted by molar-refractivity contribution is -0.138. The Hall–Kier alpha value is -3.44. The van der Waals surface area contributed by atoms with E-state index in [9.17, 15) is 19.2 Å². The molecule has 0 aromatic carbocycles. The van der Waals surface area contributed by atoms with Gasteiger partial charge in [-0.25, -0.2) is 9.59 Å². The summed E-state index contributed by atoms with van der Waals surface area (Å²) in [6.45, 7) is 5.27. The van der Waals surface area contributed by atoms with Crippen molar-refractivity contribution in [2.24, 2.45) is 46.3 Å². The maximum absolute atomic E-state index is 14.7. The highest BCUT2D eigenvalue weighted by Gasteiger charge is 2.70. The standard InChI is InChI=1S/C43H49N3O6S2/c1-3-42(14-4-5-15-42)29-8-7-25-18-27-26-12-16-43(37(27)36-34(25)39(29)52-40(36)49)30-9-6-23(2)21-53-54-22-45-31-19-24(13-17-44-31)28(35(26)38(43)41(50)51-30)20-46-32(47)10-11-33(46)48/h9-11,13,19,23,25-28,37,44-45H,3-8,12,14-18,20-22H2,1-2H3/b30-9-/t23-,25+,26+,27+,28+,37-,43+/m1/s1. The van der Waals surface area contributed by atoms with Gasteiger partial charge in [-0.15, -0.1) is 0 Å². The fraction of sp³-hybridized carbons (Fsp3) is 0.581. The van der Waals surface area contributed by atoms with E-state index in [1.165, 1.54) is 35.5 Å². The lowest BCUT2D eigenvalue weighted by Gasteiger charge is -2.58. The minimum absolute atomic E-state index is 0.0111. The molecule has 7 atom stereocenters. The van der Waals surface area contributed by atoms with Crippen molar-refractivity contribution in [1.29, 1.82) is 0 Å². The highest BCUT2D eigenvalue weighted by Crippen LogP contribution is 2.73. The van der Waals surface area contributed by atoms with Crippen LogP contribution in [0.15, 0.2) is 81.2 Å². The van der Waals surface area contributed by atoms with Crippen LogP contribution < -0.4 is 10.6 Å². The zero-order chi connectivity index (χ0) is 36.9. The van der Waals surface area contributed by atoms with Gasteiger partial charge in [0, 0.05) is 54.0 Å². The minimum atomic E-state index is -0.812. The zero-order valence-electron chi connectivity index (χ0n) is 31.2. The third-order valence-corrected chi connectivity index (χ3v) is 17.3. The molecule has 7 bridgehead atoms. The van der Waals surface area contributed by atoms with Crippen LogP contribution in [0.3, 0.4) is 0 Å². The number of nitrogens with one attached hydrogen (secondary N) is 2. The summed E-state index contributed by atoms with van der Waals surface area (Å²) in [5, 5.41) is 7.02. The first-order valence-electron chi connectivity index (χ1n) is 20.3. The van der Waals surface area contributed by atoms with Gasteiger partial charge in [0.25, 0.3) is 11.8 Å². The number of allylic oxidation sites excluding steroid dienone is 5. The molecule has 0 aromatic heterocycles. The second-order valence-electron chi connectivity index (χ2n) is 17.3. The third-order valence-electron chi connectivity index (χ3n) is 14.9. The van der Waals surface area contributed by atoms with E-state index in [1.807, 2.05) is 10.8 Å². The summed E-state index contributed by atoms with van der Waals surface area (Å²) < 4.78 is 13.0. The van der Waals surface area contributed by atoms with Crippen LogP contribution in [0.2, 0.25) is 0 Å². The number of dihydropyridines is 1. The highest BCUT2D eigenvalue weighted by molar-refractivity contribution is 8.76. The summed E-state index contributed by atoms with van der Waals surface area (Å²) >= 11 is 0. The molecule has 9 nitrogen and oxygen atoms in total. The summed E-state index contributed by atoms with van der Waals surface area (Å²) in [5.74, 6) is 2.95. The number of imide groups is 1. The fourth-order valence-electron chi connectivity index (χ4n) is 12.5. The Labute approximate surface area is 325 Å². The molecule has 3 fully saturated rings. The average Bonchev–Trinajstić information content (AvgIpc) is 3.95. The second-order valence-corrected chi connectivity index (χ2v) is 19.8. The summed E-state index contributed by atoms with van der Waals surface area (Å²) in [6, 6.07) is 0. The van der Waals surface area contributed by atoms with E-state index in [2.05, 4.69) is 42.7 Å². The number of rotatable bonds is 4. The van der Waals surface area contributed by atoms with E-state index < -0.39 is 11.3 Å². The molecule has 11 aliphatic rings. The Balaban J connectivity index is 1.20. The van der Waals surface area contributed by atoms with Gasteiger partial charge in [0.2, 0.25) is 0 Å². The maximum atomic E-state index is 14.7. The molecule has 1 saturated heterocycles. The lowest BCUT2D eigenvalue weighted by Crippen LogP contribution is -2.55. The van der Waals surface area contributed by atoms with Crippen LogP contribution in [0.4, 0.5) is 0 Å². The predicted octanol–water partition coefficient (Wildman–Crippen LogP) is 7.14. The SMILES string of the molecule is CCC1(C2=C3OC(=O)C4=C3[C@@H](CC2)C[C@H]2[C@@H]3CC[C@@]5(C6=C3[C@@H](CN3C(=O)C=CC3=O)C3=CCNC(=C3)NCSSC[C@H](C)C/C=C/5OC6=O)[C@@H]42)CCCC1. The van der Waals surface area contributed by atoms with Crippen molar-refractivity contribution < 1.29 is 28.7 Å². The molecule has 0 aromatic rings. The second kappa shape index (κ2) is 13.1. The van der Waals surface area contributed by atoms with Gasteiger partial charge in [0.15, 0.2) is 0 Å². The highest BCUT2D eigenvalue weighted by atomic mass is 33.1. The summed E-state index contributed by atoms with van der Waals surface area (Å²) in [6.07, 6.45) is 20.1. The Kier molecular flexibility index (Phi) is 8.47. The molecule has 5 heterocycles. The topological polar surface area (TPSA) is 114 Å². The summed E-state index contributed by atoms with van der Waals surface area (Å²) in [4.78, 5) is 57.1. The third kappa shape index (κ3) is 5.04. The van der Waals surface area contributed by atoms with Crippen molar-refractivity contribution in [1.82, 2.24) is 15.5 Å². The number of fused-ring (bicyclic) bond motifs is 2.